The Balaban J connectivity index is 1.94. The maximum Gasteiger partial charge on any atom is 0.254 e. The normalized spacial score (nSPS) is 16.2. The third kappa shape index (κ3) is 3.33. The van der Waals surface area contributed by atoms with Crippen molar-refractivity contribution >= 4 is 26.7 Å². The number of benzene rings is 2. The molecule has 2 aromatic carbocycles. The Hall–Kier alpha value is -1.99. The molecule has 1 heterocycles. The Kier molecular flexibility index (Phi) is 5.03. The van der Waals surface area contributed by atoms with Gasteiger partial charge in [-0.2, -0.15) is 4.31 Å². The number of rotatable bonds is 3. The van der Waals surface area contributed by atoms with Crippen molar-refractivity contribution in [3.05, 3.63) is 46.8 Å². The molecule has 0 radical (unpaired) electrons. The van der Waals surface area contributed by atoms with E-state index in [9.17, 15) is 17.6 Å². The van der Waals surface area contributed by atoms with Crippen LogP contribution in [0.15, 0.2) is 24.3 Å². The number of aryl methyl sites for hydroxylation is 1. The Labute approximate surface area is 153 Å². The molecule has 0 saturated carbocycles. The Morgan fingerprint density at radius 3 is 2.38 bits per heavy atom. The van der Waals surface area contributed by atoms with Crippen LogP contribution in [-0.4, -0.2) is 55.5 Å². The van der Waals surface area contributed by atoms with Crippen molar-refractivity contribution in [1.29, 1.82) is 0 Å². The van der Waals surface area contributed by atoms with Gasteiger partial charge in [-0.3, -0.25) is 4.79 Å². The number of sulfonamides is 1. The lowest BCUT2D eigenvalue weighted by Gasteiger charge is -2.34. The molecule has 0 bridgehead atoms. The fourth-order valence-electron chi connectivity index (χ4n) is 3.40. The molecule has 1 aliphatic heterocycles. The molecular formula is C19H23FN2O3S. The Morgan fingerprint density at radius 2 is 1.77 bits per heavy atom. The van der Waals surface area contributed by atoms with Gasteiger partial charge in [0.05, 0.1) is 11.3 Å². The van der Waals surface area contributed by atoms with E-state index in [0.29, 0.717) is 37.1 Å². The van der Waals surface area contributed by atoms with Crippen molar-refractivity contribution in [1.82, 2.24) is 9.21 Å². The van der Waals surface area contributed by atoms with Crippen LogP contribution in [-0.2, 0) is 10.0 Å². The maximum absolute atomic E-state index is 13.8. The second-order valence-corrected chi connectivity index (χ2v) is 8.91. The molecule has 7 heteroatoms. The molecule has 1 saturated heterocycles. The lowest BCUT2D eigenvalue weighted by atomic mass is 9.94. The molecule has 0 aliphatic carbocycles. The summed E-state index contributed by atoms with van der Waals surface area (Å²) in [5.74, 6) is -0.494. The summed E-state index contributed by atoms with van der Waals surface area (Å²) in [6, 6.07) is 6.42. The van der Waals surface area contributed by atoms with Gasteiger partial charge in [-0.05, 0) is 54.8 Å². The van der Waals surface area contributed by atoms with Gasteiger partial charge < -0.3 is 4.90 Å². The van der Waals surface area contributed by atoms with Gasteiger partial charge in [0, 0.05) is 26.2 Å². The number of hydrogen-bond donors (Lipinski definition) is 0. The minimum atomic E-state index is -3.24. The summed E-state index contributed by atoms with van der Waals surface area (Å²) < 4.78 is 39.2. The number of hydrogen-bond acceptors (Lipinski definition) is 3. The molecule has 0 N–H and O–H groups in total. The summed E-state index contributed by atoms with van der Waals surface area (Å²) in [6.07, 6.45) is 0. The van der Waals surface area contributed by atoms with E-state index >= 15 is 0 Å². The maximum atomic E-state index is 13.8. The fourth-order valence-corrected chi connectivity index (χ4v) is 4.48. The van der Waals surface area contributed by atoms with Crippen LogP contribution in [0.4, 0.5) is 4.39 Å². The molecule has 0 spiro atoms. The number of fused-ring (bicyclic) bond motifs is 1. The molecule has 0 unspecified atom stereocenters. The van der Waals surface area contributed by atoms with Crippen molar-refractivity contribution in [2.75, 3.05) is 31.9 Å². The molecule has 1 fully saturated rings. The zero-order valence-corrected chi connectivity index (χ0v) is 16.1. The number of carbonyl (C=O) groups is 1. The summed E-state index contributed by atoms with van der Waals surface area (Å²) in [5.41, 5.74) is 2.31. The first-order valence-corrected chi connectivity index (χ1v) is 10.3. The van der Waals surface area contributed by atoms with Crippen LogP contribution in [0.1, 0.15) is 28.4 Å². The highest BCUT2D eigenvalue weighted by Crippen LogP contribution is 2.28. The highest BCUT2D eigenvalue weighted by Gasteiger charge is 2.29. The summed E-state index contributed by atoms with van der Waals surface area (Å²) in [4.78, 5) is 14.8. The Morgan fingerprint density at radius 1 is 1.12 bits per heavy atom. The smallest absolute Gasteiger partial charge is 0.254 e. The average Bonchev–Trinajstić information content (AvgIpc) is 2.63. The van der Waals surface area contributed by atoms with E-state index in [1.165, 1.54) is 16.4 Å². The van der Waals surface area contributed by atoms with Gasteiger partial charge in [-0.25, -0.2) is 12.8 Å². The lowest BCUT2D eigenvalue weighted by molar-refractivity contribution is 0.0699. The number of piperazine rings is 1. The van der Waals surface area contributed by atoms with Crippen molar-refractivity contribution in [2.45, 2.75) is 20.8 Å². The second-order valence-electron chi connectivity index (χ2n) is 6.65. The third-order valence-electron chi connectivity index (χ3n) is 5.12. The van der Waals surface area contributed by atoms with Crippen LogP contribution >= 0.6 is 0 Å². The zero-order valence-electron chi connectivity index (χ0n) is 15.3. The molecule has 0 atom stereocenters. The standard InChI is InChI=1S/C19H23FN2O3S/c1-4-26(24,25)22-9-7-21(8-10-22)19(23)18-14(3)13(2)11-15-5-6-16(20)12-17(15)18/h5-6,11-12H,4,7-10H2,1-3H3. The lowest BCUT2D eigenvalue weighted by Crippen LogP contribution is -2.51. The summed E-state index contributed by atoms with van der Waals surface area (Å²) in [7, 11) is -3.24. The molecular weight excluding hydrogens is 355 g/mol. The highest BCUT2D eigenvalue weighted by molar-refractivity contribution is 7.89. The van der Waals surface area contributed by atoms with Gasteiger partial charge >= 0.3 is 0 Å². The first-order chi connectivity index (χ1) is 12.2. The first-order valence-electron chi connectivity index (χ1n) is 8.71. The molecule has 2 aromatic rings. The molecule has 140 valence electrons. The topological polar surface area (TPSA) is 57.7 Å². The predicted molar refractivity (Wildman–Crippen MR) is 100 cm³/mol. The average molecular weight is 378 g/mol. The van der Waals surface area contributed by atoms with Crippen LogP contribution in [0.3, 0.4) is 0 Å². The van der Waals surface area contributed by atoms with Crippen molar-refractivity contribution in [3.8, 4) is 0 Å². The molecule has 26 heavy (non-hydrogen) atoms. The summed E-state index contributed by atoms with van der Waals surface area (Å²) in [6.45, 7) is 6.66. The van der Waals surface area contributed by atoms with Gasteiger partial charge in [0.2, 0.25) is 10.0 Å². The molecule has 1 amide bonds. The predicted octanol–water partition coefficient (Wildman–Crippen LogP) is 2.70. The van der Waals surface area contributed by atoms with Crippen LogP contribution < -0.4 is 0 Å². The van der Waals surface area contributed by atoms with E-state index in [4.69, 9.17) is 0 Å². The van der Waals surface area contributed by atoms with Crippen LogP contribution in [0.2, 0.25) is 0 Å². The fraction of sp³-hybridized carbons (Fsp3) is 0.421. The highest BCUT2D eigenvalue weighted by atomic mass is 32.2. The van der Waals surface area contributed by atoms with E-state index in [1.54, 1.807) is 17.9 Å². The largest absolute Gasteiger partial charge is 0.336 e. The number of nitrogens with zero attached hydrogens (tertiary/aromatic N) is 2. The van der Waals surface area contributed by atoms with E-state index < -0.39 is 10.0 Å². The van der Waals surface area contributed by atoms with Crippen LogP contribution in [0.25, 0.3) is 10.8 Å². The van der Waals surface area contributed by atoms with Crippen molar-refractivity contribution in [3.63, 3.8) is 0 Å². The quantitative estimate of drug-likeness (QED) is 0.825. The van der Waals surface area contributed by atoms with Gasteiger partial charge in [0.15, 0.2) is 0 Å². The van der Waals surface area contributed by atoms with Gasteiger partial charge in [0.25, 0.3) is 5.91 Å². The summed E-state index contributed by atoms with van der Waals surface area (Å²) in [5, 5.41) is 1.42. The van der Waals surface area contributed by atoms with E-state index in [-0.39, 0.29) is 17.5 Å². The summed E-state index contributed by atoms with van der Waals surface area (Å²) >= 11 is 0. The van der Waals surface area contributed by atoms with Gasteiger partial charge in [-0.1, -0.05) is 12.1 Å². The molecule has 0 aromatic heterocycles. The number of carbonyl (C=O) groups excluding carboxylic acids is 1. The third-order valence-corrected chi connectivity index (χ3v) is 7.00. The van der Waals surface area contributed by atoms with Crippen LogP contribution in [0.5, 0.6) is 0 Å². The SMILES string of the molecule is CCS(=O)(=O)N1CCN(C(=O)c2c(C)c(C)cc3ccc(F)cc23)CC1. The Bertz CT molecular complexity index is 964. The van der Waals surface area contributed by atoms with E-state index in [0.717, 1.165) is 16.5 Å². The minimum Gasteiger partial charge on any atom is -0.336 e. The van der Waals surface area contributed by atoms with Gasteiger partial charge in [0.1, 0.15) is 5.82 Å². The first kappa shape index (κ1) is 18.8. The minimum absolute atomic E-state index is 0.0574. The number of halogens is 1. The van der Waals surface area contributed by atoms with Gasteiger partial charge in [-0.15, -0.1) is 0 Å². The van der Waals surface area contributed by atoms with Crippen molar-refractivity contribution < 1.29 is 17.6 Å². The number of amides is 1. The monoisotopic (exact) mass is 378 g/mol. The molecule has 5 nitrogen and oxygen atoms in total. The van der Waals surface area contributed by atoms with E-state index in [2.05, 4.69) is 0 Å². The molecule has 1 aliphatic rings. The van der Waals surface area contributed by atoms with Crippen LogP contribution in [0, 0.1) is 19.7 Å². The zero-order chi connectivity index (χ0) is 19.1. The molecule has 3 rings (SSSR count). The van der Waals surface area contributed by atoms with Crippen molar-refractivity contribution in [2.24, 2.45) is 0 Å². The van der Waals surface area contributed by atoms with E-state index in [1.807, 2.05) is 19.9 Å². The second kappa shape index (κ2) is 6.96.